The summed E-state index contributed by atoms with van der Waals surface area (Å²) in [5.74, 6) is -0.624. The summed E-state index contributed by atoms with van der Waals surface area (Å²) in [5, 5.41) is 26.0. The van der Waals surface area contributed by atoms with Gasteiger partial charge in [-0.25, -0.2) is 9.37 Å². The minimum Gasteiger partial charge on any atom is -0.508 e. The lowest BCUT2D eigenvalue weighted by Gasteiger charge is -2.04. The number of nitrogens with zero attached hydrogens (tertiary/aromatic N) is 3. The molecule has 0 atom stereocenters. The van der Waals surface area contributed by atoms with Gasteiger partial charge in [0.15, 0.2) is 0 Å². The third kappa shape index (κ3) is 2.84. The van der Waals surface area contributed by atoms with Crippen LogP contribution in [0.15, 0.2) is 67.1 Å². The maximum absolute atomic E-state index is 13.9. The van der Waals surface area contributed by atoms with E-state index in [4.69, 9.17) is 0 Å². The summed E-state index contributed by atoms with van der Waals surface area (Å²) >= 11 is 0. The van der Waals surface area contributed by atoms with Gasteiger partial charge in [-0.2, -0.15) is 10.2 Å². The van der Waals surface area contributed by atoms with Crippen LogP contribution in [0.2, 0.25) is 0 Å². The van der Waals surface area contributed by atoms with Crippen molar-refractivity contribution in [3.05, 3.63) is 72.9 Å². The van der Waals surface area contributed by atoms with Crippen molar-refractivity contribution in [3.63, 3.8) is 0 Å². The Bertz CT molecular complexity index is 1540. The van der Waals surface area contributed by atoms with Crippen molar-refractivity contribution in [2.24, 2.45) is 0 Å². The topological polar surface area (TPSA) is 106 Å². The number of aromatic nitrogens is 6. The van der Waals surface area contributed by atoms with E-state index in [2.05, 4.69) is 36.4 Å². The summed E-state index contributed by atoms with van der Waals surface area (Å²) in [5.41, 5.74) is 6.44. The Labute approximate surface area is 174 Å². The van der Waals surface area contributed by atoms with E-state index in [1.165, 1.54) is 12.1 Å². The van der Waals surface area contributed by atoms with Crippen molar-refractivity contribution in [2.75, 3.05) is 0 Å². The highest BCUT2D eigenvalue weighted by molar-refractivity contribution is 6.00. The Balaban J connectivity index is 1.53. The van der Waals surface area contributed by atoms with E-state index in [1.807, 2.05) is 24.4 Å². The van der Waals surface area contributed by atoms with Crippen molar-refractivity contribution in [1.29, 1.82) is 0 Å². The quantitative estimate of drug-likeness (QED) is 0.329. The van der Waals surface area contributed by atoms with Crippen LogP contribution in [0.4, 0.5) is 4.39 Å². The summed E-state index contributed by atoms with van der Waals surface area (Å²) < 4.78 is 13.9. The van der Waals surface area contributed by atoms with E-state index in [-0.39, 0.29) is 5.75 Å². The van der Waals surface area contributed by atoms with Gasteiger partial charge in [-0.15, -0.1) is 0 Å². The van der Waals surface area contributed by atoms with Gasteiger partial charge >= 0.3 is 0 Å². The predicted octanol–water partition coefficient (Wildman–Crippen LogP) is 5.01. The number of benzene rings is 2. The molecule has 4 heterocycles. The number of hydrogen-bond acceptors (Lipinski definition) is 4. The number of halogens is 1. The van der Waals surface area contributed by atoms with Gasteiger partial charge in [-0.1, -0.05) is 6.07 Å². The first kappa shape index (κ1) is 17.4. The Morgan fingerprint density at radius 3 is 2.68 bits per heavy atom. The summed E-state index contributed by atoms with van der Waals surface area (Å²) in [6, 6.07) is 13.8. The molecule has 0 fully saturated rings. The van der Waals surface area contributed by atoms with Crippen LogP contribution in [0.3, 0.4) is 0 Å². The summed E-state index contributed by atoms with van der Waals surface area (Å²) in [7, 11) is 0. The third-order valence-electron chi connectivity index (χ3n) is 5.37. The number of fused-ring (bicyclic) bond motifs is 2. The summed E-state index contributed by atoms with van der Waals surface area (Å²) in [6.45, 7) is 0. The standard InChI is InChI=1S/C23H15FN6O/c24-15-5-13(6-16(31)8-15)17-3-4-25-23-18(17)9-21(28-23)22-19-7-12(14-10-26-27-11-14)1-2-20(19)29-30-22/h1-11,31H,(H,25,28)(H,26,27)(H,29,30). The largest absolute Gasteiger partial charge is 0.508 e. The van der Waals surface area contributed by atoms with Crippen LogP contribution < -0.4 is 0 Å². The van der Waals surface area contributed by atoms with Crippen molar-refractivity contribution in [2.45, 2.75) is 0 Å². The number of phenols is 1. The van der Waals surface area contributed by atoms with Crippen LogP contribution in [-0.2, 0) is 0 Å². The maximum Gasteiger partial charge on any atom is 0.138 e. The number of phenolic OH excluding ortho intramolecular Hbond substituents is 1. The van der Waals surface area contributed by atoms with Crippen LogP contribution in [0.1, 0.15) is 0 Å². The van der Waals surface area contributed by atoms with Crippen LogP contribution in [0.25, 0.3) is 55.6 Å². The molecule has 4 aromatic heterocycles. The molecule has 0 radical (unpaired) electrons. The Kier molecular flexibility index (Phi) is 3.66. The molecule has 6 aromatic rings. The lowest BCUT2D eigenvalue weighted by Crippen LogP contribution is -1.84. The van der Waals surface area contributed by atoms with Gasteiger partial charge < -0.3 is 10.1 Å². The lowest BCUT2D eigenvalue weighted by molar-refractivity contribution is 0.469. The molecule has 0 aliphatic heterocycles. The van der Waals surface area contributed by atoms with Crippen LogP contribution in [0.5, 0.6) is 5.75 Å². The van der Waals surface area contributed by atoms with Crippen LogP contribution >= 0.6 is 0 Å². The molecule has 0 spiro atoms. The van der Waals surface area contributed by atoms with Crippen molar-refractivity contribution in [1.82, 2.24) is 30.4 Å². The number of aromatic amines is 3. The smallest absolute Gasteiger partial charge is 0.138 e. The molecule has 7 nitrogen and oxygen atoms in total. The van der Waals surface area contributed by atoms with Gasteiger partial charge in [0.25, 0.3) is 0 Å². The Hall–Kier alpha value is -4.46. The third-order valence-corrected chi connectivity index (χ3v) is 5.37. The minimum atomic E-state index is -0.499. The molecule has 0 amide bonds. The predicted molar refractivity (Wildman–Crippen MR) is 116 cm³/mol. The molecule has 150 valence electrons. The molecule has 2 aromatic carbocycles. The first-order valence-corrected chi connectivity index (χ1v) is 9.61. The number of rotatable bonds is 3. The fourth-order valence-corrected chi connectivity index (χ4v) is 3.94. The fourth-order valence-electron chi connectivity index (χ4n) is 3.94. The molecule has 4 N–H and O–H groups in total. The summed E-state index contributed by atoms with van der Waals surface area (Å²) in [6.07, 6.45) is 5.27. The van der Waals surface area contributed by atoms with Gasteiger partial charge in [0.2, 0.25) is 0 Å². The lowest BCUT2D eigenvalue weighted by atomic mass is 10.0. The zero-order chi connectivity index (χ0) is 20.9. The normalized spacial score (nSPS) is 11.5. The second-order valence-corrected chi connectivity index (χ2v) is 7.32. The molecule has 0 bridgehead atoms. The number of H-pyrrole nitrogens is 3. The van der Waals surface area contributed by atoms with Crippen molar-refractivity contribution in [3.8, 4) is 39.4 Å². The van der Waals surface area contributed by atoms with E-state index in [1.54, 1.807) is 18.5 Å². The molecular formula is C23H15FN6O. The average molecular weight is 410 g/mol. The molecular weight excluding hydrogens is 395 g/mol. The summed E-state index contributed by atoms with van der Waals surface area (Å²) in [4.78, 5) is 7.73. The van der Waals surface area contributed by atoms with Gasteiger partial charge in [0, 0.05) is 34.8 Å². The molecule has 8 heteroatoms. The fraction of sp³-hybridized carbons (Fsp3) is 0. The highest BCUT2D eigenvalue weighted by Crippen LogP contribution is 2.35. The van der Waals surface area contributed by atoms with Gasteiger partial charge in [-0.05, 0) is 53.1 Å². The second-order valence-electron chi connectivity index (χ2n) is 7.32. The molecule has 0 unspecified atom stereocenters. The molecule has 31 heavy (non-hydrogen) atoms. The second kappa shape index (κ2) is 6.53. The first-order chi connectivity index (χ1) is 15.2. The number of pyridine rings is 1. The van der Waals surface area contributed by atoms with Crippen molar-refractivity contribution < 1.29 is 9.50 Å². The maximum atomic E-state index is 13.9. The van der Waals surface area contributed by atoms with Gasteiger partial charge in [-0.3, -0.25) is 10.2 Å². The van der Waals surface area contributed by atoms with E-state index >= 15 is 0 Å². The zero-order valence-electron chi connectivity index (χ0n) is 16.0. The highest BCUT2D eigenvalue weighted by atomic mass is 19.1. The van der Waals surface area contributed by atoms with E-state index in [9.17, 15) is 9.50 Å². The van der Waals surface area contributed by atoms with Crippen molar-refractivity contribution >= 4 is 21.9 Å². The Morgan fingerprint density at radius 2 is 1.84 bits per heavy atom. The molecule has 0 aliphatic carbocycles. The molecule has 0 aliphatic rings. The number of hydrogen-bond donors (Lipinski definition) is 4. The van der Waals surface area contributed by atoms with E-state index in [0.29, 0.717) is 11.2 Å². The van der Waals surface area contributed by atoms with E-state index < -0.39 is 5.82 Å². The van der Waals surface area contributed by atoms with Gasteiger partial charge in [0.1, 0.15) is 22.9 Å². The average Bonchev–Trinajstić information content (AvgIpc) is 3.50. The Morgan fingerprint density at radius 1 is 0.903 bits per heavy atom. The monoisotopic (exact) mass is 410 g/mol. The minimum absolute atomic E-state index is 0.124. The molecule has 6 rings (SSSR count). The highest BCUT2D eigenvalue weighted by Gasteiger charge is 2.15. The molecule has 0 saturated carbocycles. The van der Waals surface area contributed by atoms with Crippen LogP contribution in [-0.4, -0.2) is 35.5 Å². The SMILES string of the molecule is Oc1cc(F)cc(-c2ccnc3[nH]c(-c4n[nH]c5ccc(-c6cn[nH]c6)cc45)cc23)c1. The van der Waals surface area contributed by atoms with E-state index in [0.717, 1.165) is 50.4 Å². The zero-order valence-corrected chi connectivity index (χ0v) is 16.0. The number of nitrogens with one attached hydrogen (secondary N) is 3. The van der Waals surface area contributed by atoms with Gasteiger partial charge in [0.05, 0.1) is 17.4 Å². The molecule has 0 saturated heterocycles. The number of aromatic hydroxyl groups is 1. The van der Waals surface area contributed by atoms with Crippen LogP contribution in [0, 0.1) is 5.82 Å². The first-order valence-electron chi connectivity index (χ1n) is 9.61.